The largest absolute Gasteiger partial charge is 0.481 e. The van der Waals surface area contributed by atoms with Gasteiger partial charge in [0.25, 0.3) is 5.91 Å². The van der Waals surface area contributed by atoms with Crippen LogP contribution in [-0.2, 0) is 0 Å². The third-order valence-electron chi connectivity index (χ3n) is 2.21. The summed E-state index contributed by atoms with van der Waals surface area (Å²) in [5, 5.41) is 4.93. The quantitative estimate of drug-likeness (QED) is 0.881. The van der Waals surface area contributed by atoms with Crippen molar-refractivity contribution in [3.05, 3.63) is 32.1 Å². The highest BCUT2D eigenvalue weighted by atomic mass is 35.5. The summed E-state index contributed by atoms with van der Waals surface area (Å²) >= 11 is 13.1. The van der Waals surface area contributed by atoms with Crippen molar-refractivity contribution in [3.63, 3.8) is 0 Å². The highest BCUT2D eigenvalue weighted by Gasteiger charge is 2.16. The van der Waals surface area contributed by atoms with E-state index in [4.69, 9.17) is 27.9 Å². The number of aromatic nitrogens is 2. The number of rotatable bonds is 3. The molecule has 0 fully saturated rings. The second-order valence-corrected chi connectivity index (χ2v) is 5.22. The number of thiophene rings is 1. The summed E-state index contributed by atoms with van der Waals surface area (Å²) in [4.78, 5) is 20.3. The van der Waals surface area contributed by atoms with Gasteiger partial charge in [-0.05, 0) is 17.9 Å². The number of anilines is 1. The van der Waals surface area contributed by atoms with Gasteiger partial charge in [0.15, 0.2) is 0 Å². The van der Waals surface area contributed by atoms with Crippen LogP contribution in [0.2, 0.25) is 10.2 Å². The molecule has 2 rings (SSSR count). The number of hydrogen-bond acceptors (Lipinski definition) is 5. The van der Waals surface area contributed by atoms with Crippen LogP contribution in [0.3, 0.4) is 0 Å². The van der Waals surface area contributed by atoms with Gasteiger partial charge in [0.1, 0.15) is 10.0 Å². The Bertz CT molecular complexity index is 630. The molecule has 0 unspecified atom stereocenters. The van der Waals surface area contributed by atoms with E-state index in [1.165, 1.54) is 24.5 Å². The lowest BCUT2D eigenvalue weighted by Crippen LogP contribution is -2.13. The van der Waals surface area contributed by atoms with Crippen molar-refractivity contribution in [2.45, 2.75) is 6.92 Å². The Hall–Kier alpha value is -1.37. The number of halogens is 2. The Kier molecular flexibility index (Phi) is 4.24. The van der Waals surface area contributed by atoms with E-state index in [-0.39, 0.29) is 22.9 Å². The number of nitrogens with zero attached hydrogens (tertiary/aromatic N) is 2. The summed E-state index contributed by atoms with van der Waals surface area (Å²) in [6, 6.07) is 1.44. The molecular formula is C11H9Cl2N3O2S. The number of methoxy groups -OCH3 is 1. The normalized spacial score (nSPS) is 10.3. The standard InChI is InChI=1S/C11H9Cl2N3O2S/c1-5-4-19-9(8(5)13)10(17)16-11-14-6(12)3-7(15-11)18-2/h3-4H,1-2H3,(H,14,15,16,17). The van der Waals surface area contributed by atoms with E-state index in [0.29, 0.717) is 9.90 Å². The molecule has 0 saturated carbocycles. The first-order chi connectivity index (χ1) is 9.01. The molecule has 2 heterocycles. The molecule has 1 amide bonds. The molecule has 100 valence electrons. The summed E-state index contributed by atoms with van der Waals surface area (Å²) in [7, 11) is 1.45. The van der Waals surface area contributed by atoms with Crippen molar-refractivity contribution < 1.29 is 9.53 Å². The van der Waals surface area contributed by atoms with E-state index >= 15 is 0 Å². The summed E-state index contributed by atoms with van der Waals surface area (Å²) in [6.45, 7) is 1.83. The van der Waals surface area contributed by atoms with Crippen molar-refractivity contribution in [2.24, 2.45) is 0 Å². The maximum Gasteiger partial charge on any atom is 0.269 e. The molecule has 2 aromatic rings. The molecule has 0 spiro atoms. The van der Waals surface area contributed by atoms with Crippen LogP contribution in [0.15, 0.2) is 11.4 Å². The van der Waals surface area contributed by atoms with E-state index in [1.54, 1.807) is 5.38 Å². The molecule has 2 aromatic heterocycles. The predicted octanol–water partition coefficient (Wildman–Crippen LogP) is 3.41. The van der Waals surface area contributed by atoms with Gasteiger partial charge in [0.2, 0.25) is 11.8 Å². The minimum atomic E-state index is -0.382. The number of ether oxygens (including phenoxy) is 1. The van der Waals surface area contributed by atoms with Gasteiger partial charge in [0.05, 0.1) is 12.1 Å². The first-order valence-electron chi connectivity index (χ1n) is 5.14. The summed E-state index contributed by atoms with van der Waals surface area (Å²) in [5.74, 6) is -0.0485. The zero-order valence-corrected chi connectivity index (χ0v) is 12.4. The fourth-order valence-electron chi connectivity index (χ4n) is 1.30. The van der Waals surface area contributed by atoms with Gasteiger partial charge in [-0.25, -0.2) is 4.98 Å². The Labute approximate surface area is 123 Å². The van der Waals surface area contributed by atoms with Gasteiger partial charge in [0, 0.05) is 6.07 Å². The zero-order chi connectivity index (χ0) is 14.0. The molecule has 0 aliphatic heterocycles. The van der Waals surface area contributed by atoms with Crippen LogP contribution in [0.4, 0.5) is 5.95 Å². The van der Waals surface area contributed by atoms with Crippen LogP contribution in [-0.4, -0.2) is 23.0 Å². The van der Waals surface area contributed by atoms with Crippen molar-refractivity contribution in [1.82, 2.24) is 9.97 Å². The maximum atomic E-state index is 12.0. The van der Waals surface area contributed by atoms with E-state index in [1.807, 2.05) is 6.92 Å². The topological polar surface area (TPSA) is 64.1 Å². The molecule has 1 N–H and O–H groups in total. The highest BCUT2D eigenvalue weighted by Crippen LogP contribution is 2.27. The van der Waals surface area contributed by atoms with Gasteiger partial charge in [-0.1, -0.05) is 23.2 Å². The lowest BCUT2D eigenvalue weighted by Gasteiger charge is -2.05. The second-order valence-electron chi connectivity index (χ2n) is 3.57. The molecule has 0 bridgehead atoms. The fourth-order valence-corrected chi connectivity index (χ4v) is 2.65. The second kappa shape index (κ2) is 5.73. The van der Waals surface area contributed by atoms with Gasteiger partial charge in [-0.3, -0.25) is 10.1 Å². The van der Waals surface area contributed by atoms with E-state index in [9.17, 15) is 4.79 Å². The van der Waals surface area contributed by atoms with Crippen LogP contribution in [0.25, 0.3) is 0 Å². The third-order valence-corrected chi connectivity index (χ3v) is 4.10. The molecule has 0 aromatic carbocycles. The molecule has 0 saturated heterocycles. The number of amides is 1. The van der Waals surface area contributed by atoms with Crippen molar-refractivity contribution >= 4 is 46.4 Å². The number of nitrogens with one attached hydrogen (secondary N) is 1. The smallest absolute Gasteiger partial charge is 0.269 e. The molecular weight excluding hydrogens is 309 g/mol. The summed E-state index contributed by atoms with van der Waals surface area (Å²) in [5.41, 5.74) is 0.849. The Morgan fingerprint density at radius 2 is 2.16 bits per heavy atom. The fraction of sp³-hybridized carbons (Fsp3) is 0.182. The molecule has 5 nitrogen and oxygen atoms in total. The number of carbonyl (C=O) groups excluding carboxylic acids is 1. The van der Waals surface area contributed by atoms with Crippen LogP contribution in [0.1, 0.15) is 15.2 Å². The van der Waals surface area contributed by atoms with E-state index < -0.39 is 0 Å². The Balaban J connectivity index is 2.24. The van der Waals surface area contributed by atoms with Crippen molar-refractivity contribution in [1.29, 1.82) is 0 Å². The van der Waals surface area contributed by atoms with Gasteiger partial charge < -0.3 is 4.74 Å². The van der Waals surface area contributed by atoms with Crippen molar-refractivity contribution in [3.8, 4) is 5.88 Å². The maximum absolute atomic E-state index is 12.0. The van der Waals surface area contributed by atoms with Crippen LogP contribution < -0.4 is 10.1 Å². The minimum absolute atomic E-state index is 0.0662. The zero-order valence-electron chi connectivity index (χ0n) is 10.0. The lowest BCUT2D eigenvalue weighted by molar-refractivity contribution is 0.102. The Morgan fingerprint density at radius 3 is 2.74 bits per heavy atom. The average Bonchev–Trinajstić information content (AvgIpc) is 2.69. The molecule has 0 aliphatic carbocycles. The lowest BCUT2D eigenvalue weighted by atomic mass is 10.3. The number of carbonyl (C=O) groups is 1. The first-order valence-corrected chi connectivity index (χ1v) is 6.78. The predicted molar refractivity (Wildman–Crippen MR) is 75.6 cm³/mol. The Morgan fingerprint density at radius 1 is 1.42 bits per heavy atom. The molecule has 0 aliphatic rings. The summed E-state index contributed by atoms with van der Waals surface area (Å²) in [6.07, 6.45) is 0. The van der Waals surface area contributed by atoms with Gasteiger partial charge >= 0.3 is 0 Å². The van der Waals surface area contributed by atoms with Crippen LogP contribution in [0, 0.1) is 6.92 Å². The third kappa shape index (κ3) is 3.15. The monoisotopic (exact) mass is 317 g/mol. The van der Waals surface area contributed by atoms with Crippen LogP contribution >= 0.6 is 34.5 Å². The highest BCUT2D eigenvalue weighted by molar-refractivity contribution is 7.13. The minimum Gasteiger partial charge on any atom is -0.481 e. The molecule has 8 heteroatoms. The number of hydrogen-bond donors (Lipinski definition) is 1. The van der Waals surface area contributed by atoms with Crippen molar-refractivity contribution in [2.75, 3.05) is 12.4 Å². The van der Waals surface area contributed by atoms with Gasteiger partial charge in [-0.15, -0.1) is 11.3 Å². The van der Waals surface area contributed by atoms with E-state index in [0.717, 1.165) is 5.56 Å². The molecule has 19 heavy (non-hydrogen) atoms. The molecule has 0 atom stereocenters. The van der Waals surface area contributed by atoms with Gasteiger partial charge in [-0.2, -0.15) is 4.98 Å². The SMILES string of the molecule is COc1cc(Cl)nc(NC(=O)c2scc(C)c2Cl)n1. The number of aryl methyl sites for hydroxylation is 1. The van der Waals surface area contributed by atoms with Crippen LogP contribution in [0.5, 0.6) is 5.88 Å². The average molecular weight is 318 g/mol. The summed E-state index contributed by atoms with van der Waals surface area (Å²) < 4.78 is 4.94. The van der Waals surface area contributed by atoms with E-state index in [2.05, 4.69) is 15.3 Å². The first kappa shape index (κ1) is 14.0. The molecule has 0 radical (unpaired) electrons.